The summed E-state index contributed by atoms with van der Waals surface area (Å²) in [5.74, 6) is 0. The van der Waals surface area contributed by atoms with E-state index in [2.05, 4.69) is 40.2 Å². The minimum absolute atomic E-state index is 0.673. The van der Waals surface area contributed by atoms with Crippen molar-refractivity contribution in [3.8, 4) is 0 Å². The van der Waals surface area contributed by atoms with Gasteiger partial charge in [-0.25, -0.2) is 0 Å². The number of hydrogen-bond acceptors (Lipinski definition) is 1. The van der Waals surface area contributed by atoms with E-state index < -0.39 is 0 Å². The van der Waals surface area contributed by atoms with Crippen LogP contribution >= 0.6 is 23.2 Å². The van der Waals surface area contributed by atoms with E-state index in [0.717, 1.165) is 23.7 Å². The van der Waals surface area contributed by atoms with Gasteiger partial charge in [-0.2, -0.15) is 0 Å². The first-order valence-corrected chi connectivity index (χ1v) is 6.50. The van der Waals surface area contributed by atoms with Crippen molar-refractivity contribution < 1.29 is 0 Å². The van der Waals surface area contributed by atoms with Crippen LogP contribution in [0.3, 0.4) is 0 Å². The minimum atomic E-state index is 0.673. The molecule has 4 heteroatoms. The molecule has 0 fully saturated rings. The summed E-state index contributed by atoms with van der Waals surface area (Å²) in [5.41, 5.74) is 2.37. The van der Waals surface area contributed by atoms with Crippen LogP contribution in [0.15, 0.2) is 42.7 Å². The number of aromatic nitrogens is 1. The average molecular weight is 279 g/mol. The van der Waals surface area contributed by atoms with Crippen LogP contribution in [-0.4, -0.2) is 9.47 Å². The second-order valence-electron chi connectivity index (χ2n) is 4.35. The van der Waals surface area contributed by atoms with Gasteiger partial charge in [0.15, 0.2) is 0 Å². The molecule has 0 aliphatic carbocycles. The predicted octanol–water partition coefficient (Wildman–Crippen LogP) is 4.24. The Balaban J connectivity index is 1.78. The van der Waals surface area contributed by atoms with Crippen molar-refractivity contribution in [2.24, 2.45) is 0 Å². The molecule has 0 atom stereocenters. The van der Waals surface area contributed by atoms with Crippen LogP contribution in [0.5, 0.6) is 0 Å². The second-order valence-corrected chi connectivity index (χ2v) is 5.19. The highest BCUT2D eigenvalue weighted by Gasteiger charge is 2.11. The molecule has 2 aromatic rings. The zero-order chi connectivity index (χ0) is 12.5. The summed E-state index contributed by atoms with van der Waals surface area (Å²) in [6.07, 6.45) is 6.19. The number of fused-ring (bicyclic) bond motifs is 1. The molecule has 0 N–H and O–H groups in total. The monoisotopic (exact) mass is 278 g/mol. The summed E-state index contributed by atoms with van der Waals surface area (Å²) >= 11 is 12.1. The van der Waals surface area contributed by atoms with Crippen molar-refractivity contribution in [2.75, 3.05) is 0 Å². The van der Waals surface area contributed by atoms with Crippen molar-refractivity contribution in [2.45, 2.75) is 13.1 Å². The highest BCUT2D eigenvalue weighted by molar-refractivity contribution is 6.35. The van der Waals surface area contributed by atoms with Crippen LogP contribution in [-0.2, 0) is 13.1 Å². The van der Waals surface area contributed by atoms with E-state index in [1.807, 2.05) is 12.1 Å². The van der Waals surface area contributed by atoms with Crippen LogP contribution in [0, 0.1) is 0 Å². The van der Waals surface area contributed by atoms with E-state index in [1.165, 1.54) is 5.69 Å². The number of hydrogen-bond donors (Lipinski definition) is 0. The first-order chi connectivity index (χ1) is 8.72. The van der Waals surface area contributed by atoms with E-state index in [1.54, 1.807) is 6.07 Å². The molecule has 3 rings (SSSR count). The first kappa shape index (κ1) is 11.7. The molecule has 0 saturated carbocycles. The van der Waals surface area contributed by atoms with Crippen molar-refractivity contribution in [3.05, 3.63) is 64.0 Å². The molecule has 18 heavy (non-hydrogen) atoms. The van der Waals surface area contributed by atoms with Crippen LogP contribution in [0.2, 0.25) is 10.0 Å². The van der Waals surface area contributed by atoms with E-state index >= 15 is 0 Å². The lowest BCUT2D eigenvalue weighted by Gasteiger charge is -2.25. The minimum Gasteiger partial charge on any atom is -0.366 e. The van der Waals surface area contributed by atoms with E-state index in [0.29, 0.717) is 5.02 Å². The first-order valence-electron chi connectivity index (χ1n) is 5.74. The van der Waals surface area contributed by atoms with Crippen LogP contribution in [0.4, 0.5) is 0 Å². The van der Waals surface area contributed by atoms with Crippen molar-refractivity contribution in [3.63, 3.8) is 0 Å². The molecule has 1 aliphatic heterocycles. The molecular weight excluding hydrogens is 267 g/mol. The molecule has 1 aliphatic rings. The fourth-order valence-electron chi connectivity index (χ4n) is 2.11. The van der Waals surface area contributed by atoms with Crippen molar-refractivity contribution in [1.29, 1.82) is 0 Å². The molecule has 0 amide bonds. The molecule has 0 saturated heterocycles. The Morgan fingerprint density at radius 3 is 2.83 bits per heavy atom. The fraction of sp³-hybridized carbons (Fsp3) is 0.143. The highest BCUT2D eigenvalue weighted by atomic mass is 35.5. The van der Waals surface area contributed by atoms with Crippen molar-refractivity contribution >= 4 is 29.4 Å². The van der Waals surface area contributed by atoms with Crippen LogP contribution < -0.4 is 0 Å². The molecule has 2 nitrogen and oxygen atoms in total. The Morgan fingerprint density at radius 2 is 2.00 bits per heavy atom. The number of nitrogens with zero attached hydrogens (tertiary/aromatic N) is 2. The average Bonchev–Trinajstić information content (AvgIpc) is 2.80. The summed E-state index contributed by atoms with van der Waals surface area (Å²) in [6, 6.07) is 9.82. The van der Waals surface area contributed by atoms with Gasteiger partial charge in [-0.15, -0.1) is 0 Å². The highest BCUT2D eigenvalue weighted by Crippen LogP contribution is 2.24. The fourth-order valence-corrected chi connectivity index (χ4v) is 2.58. The molecule has 92 valence electrons. The molecule has 1 aromatic carbocycles. The summed E-state index contributed by atoms with van der Waals surface area (Å²) in [4.78, 5) is 2.23. The molecule has 0 unspecified atom stereocenters. The van der Waals surface area contributed by atoms with E-state index in [9.17, 15) is 0 Å². The van der Waals surface area contributed by atoms with Gasteiger partial charge in [-0.3, -0.25) is 0 Å². The standard InChI is InChI=1S/C14H12Cl2N2/c15-12-4-3-11(14(16)8-12)9-17-6-7-18-5-1-2-13(18)10-17/h1-8H,9-10H2. The van der Waals surface area contributed by atoms with Crippen LogP contribution in [0.1, 0.15) is 11.3 Å². The lowest BCUT2D eigenvalue weighted by atomic mass is 10.2. The molecule has 0 bridgehead atoms. The molecule has 0 spiro atoms. The Hall–Kier alpha value is -1.38. The largest absolute Gasteiger partial charge is 0.366 e. The maximum Gasteiger partial charge on any atom is 0.0584 e. The van der Waals surface area contributed by atoms with Crippen LogP contribution in [0.25, 0.3) is 6.20 Å². The van der Waals surface area contributed by atoms with E-state index in [4.69, 9.17) is 23.2 Å². The number of rotatable bonds is 2. The normalized spacial score (nSPS) is 13.8. The van der Waals surface area contributed by atoms with Gasteiger partial charge < -0.3 is 9.47 Å². The molecular formula is C14H12Cl2N2. The van der Waals surface area contributed by atoms with Gasteiger partial charge in [0.25, 0.3) is 0 Å². The summed E-state index contributed by atoms with van der Waals surface area (Å²) in [5, 5.41) is 1.39. The molecule has 0 radical (unpaired) electrons. The van der Waals surface area contributed by atoms with Gasteiger partial charge in [0.2, 0.25) is 0 Å². The maximum absolute atomic E-state index is 6.19. The van der Waals surface area contributed by atoms with E-state index in [-0.39, 0.29) is 0 Å². The maximum atomic E-state index is 6.19. The summed E-state index contributed by atoms with van der Waals surface area (Å²) < 4.78 is 2.12. The number of halogens is 2. The van der Waals surface area contributed by atoms with Gasteiger partial charge in [0.05, 0.1) is 6.54 Å². The Bertz CT molecular complexity index is 602. The lowest BCUT2D eigenvalue weighted by Crippen LogP contribution is -2.21. The Morgan fingerprint density at radius 1 is 1.11 bits per heavy atom. The zero-order valence-corrected chi connectivity index (χ0v) is 11.2. The summed E-state index contributed by atoms with van der Waals surface area (Å²) in [6.45, 7) is 1.68. The third kappa shape index (κ3) is 2.26. The third-order valence-electron chi connectivity index (χ3n) is 3.06. The van der Waals surface area contributed by atoms with Gasteiger partial charge in [0, 0.05) is 40.9 Å². The second kappa shape index (κ2) is 4.71. The van der Waals surface area contributed by atoms with Crippen molar-refractivity contribution in [1.82, 2.24) is 9.47 Å². The molecule has 1 aromatic heterocycles. The zero-order valence-electron chi connectivity index (χ0n) is 9.68. The van der Waals surface area contributed by atoms with Gasteiger partial charge in [0.1, 0.15) is 0 Å². The van der Waals surface area contributed by atoms with Gasteiger partial charge >= 0.3 is 0 Å². The smallest absolute Gasteiger partial charge is 0.0584 e. The topological polar surface area (TPSA) is 8.17 Å². The Labute approximate surface area is 116 Å². The molecule has 2 heterocycles. The predicted molar refractivity (Wildman–Crippen MR) is 75.5 cm³/mol. The quantitative estimate of drug-likeness (QED) is 0.798. The number of benzene rings is 1. The third-order valence-corrected chi connectivity index (χ3v) is 3.65. The van der Waals surface area contributed by atoms with Gasteiger partial charge in [-0.05, 0) is 29.8 Å². The Kier molecular flexibility index (Phi) is 3.06. The summed E-state index contributed by atoms with van der Waals surface area (Å²) in [7, 11) is 0. The lowest BCUT2D eigenvalue weighted by molar-refractivity contribution is 0.348. The van der Waals surface area contributed by atoms with Gasteiger partial charge in [-0.1, -0.05) is 29.3 Å². The SMILES string of the molecule is Clc1ccc(CN2C=Cn3cccc3C2)c(Cl)c1.